The lowest BCUT2D eigenvalue weighted by atomic mass is 10.0. The highest BCUT2D eigenvalue weighted by atomic mass is 16.5. The number of ketones is 1. The van der Waals surface area contributed by atoms with E-state index in [0.29, 0.717) is 22.5 Å². The first-order valence-electron chi connectivity index (χ1n) is 8.96. The number of ether oxygens (including phenoxy) is 1. The number of benzene rings is 3. The molecule has 0 radical (unpaired) electrons. The molecule has 138 valence electrons. The smallest absolute Gasteiger partial charge is 0.336 e. The van der Waals surface area contributed by atoms with E-state index in [-0.39, 0.29) is 12.4 Å². The Morgan fingerprint density at radius 1 is 0.893 bits per heavy atom. The largest absolute Gasteiger partial charge is 0.489 e. The van der Waals surface area contributed by atoms with Gasteiger partial charge in [0.2, 0.25) is 0 Å². The zero-order chi connectivity index (χ0) is 19.5. The summed E-state index contributed by atoms with van der Waals surface area (Å²) in [6.07, 6.45) is 0. The number of hydrogen-bond acceptors (Lipinski definition) is 4. The van der Waals surface area contributed by atoms with Gasteiger partial charge in [-0.25, -0.2) is 4.79 Å². The van der Waals surface area contributed by atoms with Crippen LogP contribution in [0.3, 0.4) is 0 Å². The van der Waals surface area contributed by atoms with Crippen LogP contribution < -0.4 is 10.4 Å². The Bertz CT molecular complexity index is 1190. The van der Waals surface area contributed by atoms with Crippen molar-refractivity contribution in [3.63, 3.8) is 0 Å². The van der Waals surface area contributed by atoms with Crippen LogP contribution in [0.2, 0.25) is 0 Å². The summed E-state index contributed by atoms with van der Waals surface area (Å²) in [6, 6.07) is 23.3. The summed E-state index contributed by atoms with van der Waals surface area (Å²) in [5.41, 5.74) is 3.17. The van der Waals surface area contributed by atoms with Crippen molar-refractivity contribution in [3.05, 3.63) is 112 Å². The van der Waals surface area contributed by atoms with E-state index in [1.165, 1.54) is 6.07 Å². The molecule has 1 aromatic heterocycles. The van der Waals surface area contributed by atoms with E-state index in [1.807, 2.05) is 43.3 Å². The van der Waals surface area contributed by atoms with Gasteiger partial charge in [-0.05, 0) is 42.8 Å². The van der Waals surface area contributed by atoms with Gasteiger partial charge in [-0.3, -0.25) is 4.79 Å². The molecule has 0 atom stereocenters. The van der Waals surface area contributed by atoms with Crippen LogP contribution in [0.5, 0.6) is 5.75 Å². The monoisotopic (exact) mass is 370 g/mol. The second kappa shape index (κ2) is 7.53. The lowest BCUT2D eigenvalue weighted by molar-refractivity contribution is 0.103. The highest BCUT2D eigenvalue weighted by Crippen LogP contribution is 2.21. The van der Waals surface area contributed by atoms with Gasteiger partial charge in [0.1, 0.15) is 17.9 Å². The Morgan fingerprint density at radius 2 is 1.61 bits per heavy atom. The van der Waals surface area contributed by atoms with Crippen molar-refractivity contribution < 1.29 is 13.9 Å². The first-order chi connectivity index (χ1) is 13.6. The van der Waals surface area contributed by atoms with E-state index < -0.39 is 5.63 Å². The predicted molar refractivity (Wildman–Crippen MR) is 108 cm³/mol. The van der Waals surface area contributed by atoms with E-state index in [4.69, 9.17) is 9.15 Å². The molecule has 28 heavy (non-hydrogen) atoms. The molecule has 0 saturated heterocycles. The van der Waals surface area contributed by atoms with Gasteiger partial charge in [0.15, 0.2) is 5.78 Å². The van der Waals surface area contributed by atoms with Crippen LogP contribution >= 0.6 is 0 Å². The van der Waals surface area contributed by atoms with E-state index >= 15 is 0 Å². The van der Waals surface area contributed by atoms with Crippen molar-refractivity contribution in [2.24, 2.45) is 0 Å². The summed E-state index contributed by atoms with van der Waals surface area (Å²) in [7, 11) is 0. The normalized spacial score (nSPS) is 10.8. The Hall–Kier alpha value is -3.66. The summed E-state index contributed by atoms with van der Waals surface area (Å²) >= 11 is 0. The maximum atomic E-state index is 12.5. The molecule has 4 nitrogen and oxygen atoms in total. The zero-order valence-electron chi connectivity index (χ0n) is 15.3. The summed E-state index contributed by atoms with van der Waals surface area (Å²) in [5.74, 6) is 0.590. The van der Waals surface area contributed by atoms with Gasteiger partial charge in [-0.15, -0.1) is 0 Å². The number of fused-ring (bicyclic) bond motifs is 1. The van der Waals surface area contributed by atoms with E-state index in [2.05, 4.69) is 0 Å². The second-order valence-electron chi connectivity index (χ2n) is 6.60. The van der Waals surface area contributed by atoms with E-state index in [0.717, 1.165) is 16.5 Å². The van der Waals surface area contributed by atoms with Crippen molar-refractivity contribution in [1.29, 1.82) is 0 Å². The fourth-order valence-electron chi connectivity index (χ4n) is 3.08. The average molecular weight is 370 g/mol. The van der Waals surface area contributed by atoms with Crippen LogP contribution in [0.4, 0.5) is 0 Å². The number of aryl methyl sites for hydroxylation is 1. The minimum atomic E-state index is -0.402. The molecule has 0 saturated carbocycles. The standard InChI is InChI=1S/C24H18O4/c1-16-7-12-21-19(14-23(25)28-22(21)13-16)15-27-20-10-8-18(9-11-20)24(26)17-5-3-2-4-6-17/h2-14H,15H2,1H3. The zero-order valence-corrected chi connectivity index (χ0v) is 15.3. The molecule has 4 rings (SSSR count). The number of carbonyl (C=O) groups excluding carboxylic acids is 1. The molecule has 0 aliphatic rings. The van der Waals surface area contributed by atoms with Crippen molar-refractivity contribution in [1.82, 2.24) is 0 Å². The van der Waals surface area contributed by atoms with Crippen molar-refractivity contribution in [2.45, 2.75) is 13.5 Å². The van der Waals surface area contributed by atoms with Gasteiger partial charge in [-0.2, -0.15) is 0 Å². The lowest BCUT2D eigenvalue weighted by Gasteiger charge is -2.09. The maximum absolute atomic E-state index is 12.5. The van der Waals surface area contributed by atoms with Gasteiger partial charge in [-0.1, -0.05) is 42.5 Å². The quantitative estimate of drug-likeness (QED) is 0.370. The van der Waals surface area contributed by atoms with Crippen molar-refractivity contribution >= 4 is 16.8 Å². The molecule has 0 aliphatic carbocycles. The molecule has 0 spiro atoms. The van der Waals surface area contributed by atoms with Crippen LogP contribution in [-0.2, 0) is 6.61 Å². The van der Waals surface area contributed by atoms with Gasteiger partial charge >= 0.3 is 5.63 Å². The van der Waals surface area contributed by atoms with Crippen LogP contribution in [0.25, 0.3) is 11.0 Å². The molecular formula is C24H18O4. The van der Waals surface area contributed by atoms with Crippen molar-refractivity contribution in [2.75, 3.05) is 0 Å². The third-order valence-electron chi connectivity index (χ3n) is 4.53. The summed E-state index contributed by atoms with van der Waals surface area (Å²) in [6.45, 7) is 2.18. The number of carbonyl (C=O) groups is 1. The Kier molecular flexibility index (Phi) is 4.77. The SMILES string of the molecule is Cc1ccc2c(COc3ccc(C(=O)c4ccccc4)cc3)cc(=O)oc2c1. The molecule has 0 N–H and O–H groups in total. The molecule has 0 bridgehead atoms. The molecule has 4 aromatic rings. The van der Waals surface area contributed by atoms with Gasteiger partial charge in [0.25, 0.3) is 0 Å². The van der Waals surface area contributed by atoms with Gasteiger partial charge in [0.05, 0.1) is 0 Å². The van der Waals surface area contributed by atoms with E-state index in [9.17, 15) is 9.59 Å². The molecule has 3 aromatic carbocycles. The molecule has 0 aliphatic heterocycles. The molecule has 4 heteroatoms. The molecule has 0 fully saturated rings. The molecule has 1 heterocycles. The summed E-state index contributed by atoms with van der Waals surface area (Å²) in [4.78, 5) is 24.3. The maximum Gasteiger partial charge on any atom is 0.336 e. The highest BCUT2D eigenvalue weighted by Gasteiger charge is 2.10. The first-order valence-corrected chi connectivity index (χ1v) is 8.96. The van der Waals surface area contributed by atoms with Crippen LogP contribution in [0.1, 0.15) is 27.0 Å². The van der Waals surface area contributed by atoms with Crippen LogP contribution in [-0.4, -0.2) is 5.78 Å². The highest BCUT2D eigenvalue weighted by molar-refractivity contribution is 6.08. The molecular weight excluding hydrogens is 352 g/mol. The predicted octanol–water partition coefficient (Wildman–Crippen LogP) is 4.91. The Labute approximate surface area is 162 Å². The van der Waals surface area contributed by atoms with Gasteiger partial charge < -0.3 is 9.15 Å². The third kappa shape index (κ3) is 3.71. The van der Waals surface area contributed by atoms with E-state index in [1.54, 1.807) is 36.4 Å². The minimum Gasteiger partial charge on any atom is -0.489 e. The van der Waals surface area contributed by atoms with Crippen LogP contribution in [0, 0.1) is 6.92 Å². The summed E-state index contributed by atoms with van der Waals surface area (Å²) < 4.78 is 11.1. The summed E-state index contributed by atoms with van der Waals surface area (Å²) in [5, 5.41) is 0.848. The third-order valence-corrected chi connectivity index (χ3v) is 4.53. The topological polar surface area (TPSA) is 56.5 Å². The lowest BCUT2D eigenvalue weighted by Crippen LogP contribution is -2.04. The average Bonchev–Trinajstić information content (AvgIpc) is 2.72. The fourth-order valence-corrected chi connectivity index (χ4v) is 3.08. The Morgan fingerprint density at radius 3 is 2.36 bits per heavy atom. The molecule has 0 amide bonds. The Balaban J connectivity index is 1.52. The van der Waals surface area contributed by atoms with Crippen molar-refractivity contribution in [3.8, 4) is 5.75 Å². The number of hydrogen-bond donors (Lipinski definition) is 0. The minimum absolute atomic E-state index is 0.0332. The van der Waals surface area contributed by atoms with Gasteiger partial charge in [0, 0.05) is 28.1 Å². The number of rotatable bonds is 5. The molecule has 0 unspecified atom stereocenters. The first kappa shape index (κ1) is 17.7. The fraction of sp³-hybridized carbons (Fsp3) is 0.0833. The second-order valence-corrected chi connectivity index (χ2v) is 6.60. The van der Waals surface area contributed by atoms with Crippen LogP contribution in [0.15, 0.2) is 88.1 Å².